The fraction of sp³-hybridized carbons (Fsp3) is 0.688. The first kappa shape index (κ1) is 14.3. The Hall–Kier alpha value is -1.09. The highest BCUT2D eigenvalue weighted by molar-refractivity contribution is 5.45. The zero-order chi connectivity index (χ0) is 13.8. The highest BCUT2D eigenvalue weighted by Gasteiger charge is 2.27. The summed E-state index contributed by atoms with van der Waals surface area (Å²) in [5, 5.41) is 3.41. The van der Waals surface area contributed by atoms with E-state index in [0.29, 0.717) is 6.04 Å². The summed E-state index contributed by atoms with van der Waals surface area (Å²) < 4.78 is 0. The number of nitrogens with one attached hydrogen (secondary N) is 1. The van der Waals surface area contributed by atoms with Gasteiger partial charge in [-0.1, -0.05) is 20.8 Å². The van der Waals surface area contributed by atoms with Crippen molar-refractivity contribution in [1.82, 2.24) is 10.3 Å². The second-order valence-corrected chi connectivity index (χ2v) is 5.80. The molecule has 1 fully saturated rings. The number of anilines is 1. The zero-order valence-corrected chi connectivity index (χ0v) is 12.7. The first-order valence-corrected chi connectivity index (χ1v) is 7.61. The van der Waals surface area contributed by atoms with E-state index in [9.17, 15) is 0 Å². The molecule has 2 unspecified atom stereocenters. The molecule has 2 heterocycles. The number of pyridine rings is 1. The van der Waals surface area contributed by atoms with Gasteiger partial charge in [-0.2, -0.15) is 0 Å². The van der Waals surface area contributed by atoms with E-state index < -0.39 is 0 Å². The van der Waals surface area contributed by atoms with Gasteiger partial charge in [0.2, 0.25) is 0 Å². The normalized spacial score (nSPS) is 23.1. The van der Waals surface area contributed by atoms with Crippen molar-refractivity contribution in [2.45, 2.75) is 53.1 Å². The van der Waals surface area contributed by atoms with Crippen molar-refractivity contribution in [3.63, 3.8) is 0 Å². The minimum absolute atomic E-state index is 0.613. The predicted octanol–water partition coefficient (Wildman–Crippen LogP) is 2.99. The van der Waals surface area contributed by atoms with Gasteiger partial charge in [-0.05, 0) is 49.9 Å². The summed E-state index contributed by atoms with van der Waals surface area (Å²) in [6, 6.07) is 5.11. The van der Waals surface area contributed by atoms with Crippen molar-refractivity contribution < 1.29 is 0 Å². The molecule has 2 rings (SSSR count). The number of aryl methyl sites for hydroxylation is 1. The molecular formula is C16H27N3. The van der Waals surface area contributed by atoms with Crippen LogP contribution in [-0.4, -0.2) is 24.1 Å². The third kappa shape index (κ3) is 3.47. The molecule has 1 saturated heterocycles. The van der Waals surface area contributed by atoms with E-state index in [1.165, 1.54) is 23.5 Å². The zero-order valence-electron chi connectivity index (χ0n) is 12.7. The number of hydrogen-bond donors (Lipinski definition) is 1. The molecule has 0 radical (unpaired) electrons. The van der Waals surface area contributed by atoms with Crippen LogP contribution in [0.1, 0.15) is 45.4 Å². The summed E-state index contributed by atoms with van der Waals surface area (Å²) in [4.78, 5) is 7.30. The molecule has 3 heteroatoms. The molecule has 106 valence electrons. The quantitative estimate of drug-likeness (QED) is 0.883. The first-order chi connectivity index (χ1) is 9.13. The van der Waals surface area contributed by atoms with Gasteiger partial charge in [-0.3, -0.25) is 0 Å². The van der Waals surface area contributed by atoms with Gasteiger partial charge in [0.05, 0.1) is 0 Å². The van der Waals surface area contributed by atoms with Crippen molar-refractivity contribution >= 4 is 5.82 Å². The SMILES string of the molecule is CCNCc1cc(CC)nc(N2CC(C)CC2C)c1. The fourth-order valence-corrected chi connectivity index (χ4v) is 2.95. The summed E-state index contributed by atoms with van der Waals surface area (Å²) in [7, 11) is 0. The maximum atomic E-state index is 4.82. The molecule has 1 aromatic rings. The Kier molecular flexibility index (Phi) is 4.81. The number of rotatable bonds is 5. The van der Waals surface area contributed by atoms with Crippen LogP contribution in [0.4, 0.5) is 5.82 Å². The van der Waals surface area contributed by atoms with Gasteiger partial charge in [-0.25, -0.2) is 4.98 Å². The molecule has 0 amide bonds. The van der Waals surface area contributed by atoms with Crippen LogP contribution >= 0.6 is 0 Å². The average molecular weight is 261 g/mol. The molecule has 1 aliphatic rings. The summed E-state index contributed by atoms with van der Waals surface area (Å²) in [5.74, 6) is 1.95. The van der Waals surface area contributed by atoms with E-state index >= 15 is 0 Å². The molecule has 1 aromatic heterocycles. The molecule has 19 heavy (non-hydrogen) atoms. The molecule has 1 N–H and O–H groups in total. The Labute approximate surface area is 117 Å². The maximum absolute atomic E-state index is 4.82. The van der Waals surface area contributed by atoms with Gasteiger partial charge >= 0.3 is 0 Å². The lowest BCUT2D eigenvalue weighted by Gasteiger charge is -2.24. The Morgan fingerprint density at radius 2 is 2.11 bits per heavy atom. The largest absolute Gasteiger partial charge is 0.354 e. The molecule has 2 atom stereocenters. The van der Waals surface area contributed by atoms with Crippen molar-refractivity contribution in [2.24, 2.45) is 5.92 Å². The van der Waals surface area contributed by atoms with Crippen molar-refractivity contribution in [2.75, 3.05) is 18.0 Å². The lowest BCUT2D eigenvalue weighted by atomic mass is 10.1. The van der Waals surface area contributed by atoms with Gasteiger partial charge in [0.1, 0.15) is 5.82 Å². The average Bonchev–Trinajstić information content (AvgIpc) is 2.75. The van der Waals surface area contributed by atoms with E-state index in [1.807, 2.05) is 0 Å². The van der Waals surface area contributed by atoms with Crippen LogP contribution in [0, 0.1) is 5.92 Å². The third-order valence-corrected chi connectivity index (χ3v) is 3.94. The minimum atomic E-state index is 0.613. The van der Waals surface area contributed by atoms with Crippen LogP contribution in [0.5, 0.6) is 0 Å². The van der Waals surface area contributed by atoms with Crippen molar-refractivity contribution in [3.05, 3.63) is 23.4 Å². The van der Waals surface area contributed by atoms with E-state index in [-0.39, 0.29) is 0 Å². The predicted molar refractivity (Wildman–Crippen MR) is 81.6 cm³/mol. The summed E-state index contributed by atoms with van der Waals surface area (Å²) in [5.41, 5.74) is 2.56. The lowest BCUT2D eigenvalue weighted by molar-refractivity contribution is 0.625. The minimum Gasteiger partial charge on any atom is -0.354 e. The van der Waals surface area contributed by atoms with Crippen LogP contribution in [0.2, 0.25) is 0 Å². The Bertz CT molecular complexity index is 416. The molecule has 0 spiro atoms. The number of aromatic nitrogens is 1. The Morgan fingerprint density at radius 1 is 1.32 bits per heavy atom. The van der Waals surface area contributed by atoms with Gasteiger partial charge in [0.25, 0.3) is 0 Å². The van der Waals surface area contributed by atoms with Crippen molar-refractivity contribution in [3.8, 4) is 0 Å². The monoisotopic (exact) mass is 261 g/mol. The number of hydrogen-bond acceptors (Lipinski definition) is 3. The van der Waals surface area contributed by atoms with Crippen LogP contribution in [0.3, 0.4) is 0 Å². The van der Waals surface area contributed by atoms with Gasteiger partial charge < -0.3 is 10.2 Å². The summed E-state index contributed by atoms with van der Waals surface area (Å²) >= 11 is 0. The molecule has 0 aliphatic carbocycles. The smallest absolute Gasteiger partial charge is 0.129 e. The second kappa shape index (κ2) is 6.38. The van der Waals surface area contributed by atoms with Gasteiger partial charge in [0, 0.05) is 24.8 Å². The summed E-state index contributed by atoms with van der Waals surface area (Å²) in [6.07, 6.45) is 2.28. The van der Waals surface area contributed by atoms with Crippen molar-refractivity contribution in [1.29, 1.82) is 0 Å². The van der Waals surface area contributed by atoms with E-state index in [0.717, 1.165) is 32.0 Å². The summed E-state index contributed by atoms with van der Waals surface area (Å²) in [6.45, 7) is 12.1. The third-order valence-electron chi connectivity index (χ3n) is 3.94. The fourth-order valence-electron chi connectivity index (χ4n) is 2.95. The molecule has 3 nitrogen and oxygen atoms in total. The van der Waals surface area contributed by atoms with Crippen LogP contribution in [-0.2, 0) is 13.0 Å². The number of nitrogens with zero attached hydrogens (tertiary/aromatic N) is 2. The Morgan fingerprint density at radius 3 is 2.68 bits per heavy atom. The Balaban J connectivity index is 2.23. The molecule has 0 aromatic carbocycles. The standard InChI is InChI=1S/C16H27N3/c1-5-15-8-14(10-17-6-2)9-16(18-15)19-11-12(3)7-13(19)4/h8-9,12-13,17H,5-7,10-11H2,1-4H3. The highest BCUT2D eigenvalue weighted by Crippen LogP contribution is 2.28. The van der Waals surface area contributed by atoms with E-state index in [1.54, 1.807) is 0 Å². The van der Waals surface area contributed by atoms with Crippen LogP contribution in [0.25, 0.3) is 0 Å². The lowest BCUT2D eigenvalue weighted by Crippen LogP contribution is -2.28. The molecule has 1 aliphatic heterocycles. The topological polar surface area (TPSA) is 28.2 Å². The molecule has 0 saturated carbocycles. The van der Waals surface area contributed by atoms with Gasteiger partial charge in [-0.15, -0.1) is 0 Å². The van der Waals surface area contributed by atoms with E-state index in [4.69, 9.17) is 4.98 Å². The van der Waals surface area contributed by atoms with E-state index in [2.05, 4.69) is 50.0 Å². The van der Waals surface area contributed by atoms with Crippen LogP contribution in [0.15, 0.2) is 12.1 Å². The highest BCUT2D eigenvalue weighted by atomic mass is 15.2. The second-order valence-electron chi connectivity index (χ2n) is 5.80. The molecular weight excluding hydrogens is 234 g/mol. The molecule has 0 bridgehead atoms. The first-order valence-electron chi connectivity index (χ1n) is 7.61. The van der Waals surface area contributed by atoms with Crippen LogP contribution < -0.4 is 10.2 Å². The maximum Gasteiger partial charge on any atom is 0.129 e. The van der Waals surface area contributed by atoms with Gasteiger partial charge in [0.15, 0.2) is 0 Å².